The molecule has 0 saturated heterocycles. The first-order chi connectivity index (χ1) is 9.92. The van der Waals surface area contributed by atoms with Gasteiger partial charge in [0.05, 0.1) is 11.6 Å². The van der Waals surface area contributed by atoms with Gasteiger partial charge in [-0.2, -0.15) is 9.27 Å². The van der Waals surface area contributed by atoms with E-state index in [0.717, 1.165) is 6.42 Å². The predicted molar refractivity (Wildman–Crippen MR) is 81.0 cm³/mol. The Bertz CT molecular complexity index is 674. The quantitative estimate of drug-likeness (QED) is 0.787. The van der Waals surface area contributed by atoms with Gasteiger partial charge in [-0.25, -0.2) is 0 Å². The Hall–Kier alpha value is -1.57. The van der Waals surface area contributed by atoms with Gasteiger partial charge in [0.2, 0.25) is 10.7 Å². The SMILES string of the molecule is CCCOc1ccc([S+](=O)(O)Nc2cc(C)on2)cc1Cl. The van der Waals surface area contributed by atoms with Crippen LogP contribution in [0.1, 0.15) is 19.1 Å². The minimum absolute atomic E-state index is 0.136. The smallest absolute Gasteiger partial charge is 0.347 e. The lowest BCUT2D eigenvalue weighted by molar-refractivity contribution is 0.317. The molecule has 2 N–H and O–H groups in total. The summed E-state index contributed by atoms with van der Waals surface area (Å²) in [7, 11) is -3.52. The molecule has 1 unspecified atom stereocenters. The van der Waals surface area contributed by atoms with Crippen LogP contribution < -0.4 is 9.46 Å². The van der Waals surface area contributed by atoms with E-state index in [1.807, 2.05) is 6.92 Å². The zero-order valence-electron chi connectivity index (χ0n) is 11.6. The Morgan fingerprint density at radius 2 is 2.24 bits per heavy atom. The fourth-order valence-electron chi connectivity index (χ4n) is 1.60. The van der Waals surface area contributed by atoms with Crippen molar-refractivity contribution in [3.05, 3.63) is 35.0 Å². The van der Waals surface area contributed by atoms with E-state index in [9.17, 15) is 8.76 Å². The molecular formula is C13H16ClN2O4S+. The van der Waals surface area contributed by atoms with Crippen LogP contribution in [0.3, 0.4) is 0 Å². The number of benzene rings is 1. The monoisotopic (exact) mass is 331 g/mol. The van der Waals surface area contributed by atoms with Crippen LogP contribution in [0.2, 0.25) is 5.02 Å². The van der Waals surface area contributed by atoms with Gasteiger partial charge in [0.15, 0.2) is 0 Å². The van der Waals surface area contributed by atoms with E-state index in [-0.39, 0.29) is 15.7 Å². The summed E-state index contributed by atoms with van der Waals surface area (Å²) in [5.41, 5.74) is 0. The molecule has 0 radical (unpaired) electrons. The third-order valence-electron chi connectivity index (χ3n) is 2.56. The second kappa shape index (κ2) is 6.46. The summed E-state index contributed by atoms with van der Waals surface area (Å²) in [6.07, 6.45) is 0.849. The van der Waals surface area contributed by atoms with Gasteiger partial charge >= 0.3 is 10.4 Å². The number of nitrogens with zero attached hydrogens (tertiary/aromatic N) is 1. The van der Waals surface area contributed by atoms with Gasteiger partial charge in [0.1, 0.15) is 11.5 Å². The first-order valence-corrected chi connectivity index (χ1v) is 8.22. The predicted octanol–water partition coefficient (Wildman–Crippen LogP) is 3.78. The number of nitrogens with one attached hydrogen (secondary N) is 1. The van der Waals surface area contributed by atoms with Crippen LogP contribution in [0, 0.1) is 6.92 Å². The molecule has 1 atom stereocenters. The van der Waals surface area contributed by atoms with E-state index in [0.29, 0.717) is 18.1 Å². The maximum absolute atomic E-state index is 12.3. The van der Waals surface area contributed by atoms with Crippen LogP contribution in [0.5, 0.6) is 5.75 Å². The average molecular weight is 332 g/mol. The molecule has 1 aromatic carbocycles. The highest BCUT2D eigenvalue weighted by atomic mass is 35.5. The number of ether oxygens (including phenoxy) is 1. The molecule has 0 aliphatic rings. The Morgan fingerprint density at radius 1 is 1.48 bits per heavy atom. The topological polar surface area (TPSA) is 84.6 Å². The first-order valence-electron chi connectivity index (χ1n) is 6.32. The standard InChI is InChI=1S/C13H15ClN2O4S/c1-3-6-19-12-5-4-10(8-11(12)14)21(17,18)16-13-7-9(2)20-15-13/h4-5,7-8H,3,6H2,1-2H3,(H-,15,16,17,18)/p+1. The van der Waals surface area contributed by atoms with Crippen molar-refractivity contribution < 1.29 is 18.0 Å². The van der Waals surface area contributed by atoms with E-state index in [2.05, 4.69) is 9.88 Å². The third kappa shape index (κ3) is 3.96. The second-order valence-electron chi connectivity index (χ2n) is 4.39. The lowest BCUT2D eigenvalue weighted by atomic mass is 10.3. The first kappa shape index (κ1) is 15.8. The van der Waals surface area contributed by atoms with Gasteiger partial charge in [0.25, 0.3) is 0 Å². The minimum atomic E-state index is -3.52. The van der Waals surface area contributed by atoms with Crippen LogP contribution in [-0.4, -0.2) is 16.3 Å². The summed E-state index contributed by atoms with van der Waals surface area (Å²) in [5, 5.41) is 3.90. The van der Waals surface area contributed by atoms with E-state index < -0.39 is 10.4 Å². The van der Waals surface area contributed by atoms with Crippen LogP contribution in [0.15, 0.2) is 33.7 Å². The zero-order chi connectivity index (χ0) is 15.5. The molecule has 0 bridgehead atoms. The largest absolute Gasteiger partial charge is 0.492 e. The van der Waals surface area contributed by atoms with Crippen LogP contribution in [-0.2, 0) is 14.6 Å². The van der Waals surface area contributed by atoms with Gasteiger partial charge in [-0.3, -0.25) is 0 Å². The van der Waals surface area contributed by atoms with Crippen molar-refractivity contribution in [1.29, 1.82) is 0 Å². The molecule has 1 heterocycles. The summed E-state index contributed by atoms with van der Waals surface area (Å²) >= 11 is 6.05. The van der Waals surface area contributed by atoms with Gasteiger partial charge in [-0.15, -0.1) is 0 Å². The number of hydrogen-bond donors (Lipinski definition) is 2. The number of rotatable bonds is 6. The van der Waals surface area contributed by atoms with Crippen molar-refractivity contribution in [1.82, 2.24) is 5.16 Å². The molecule has 21 heavy (non-hydrogen) atoms. The highest BCUT2D eigenvalue weighted by molar-refractivity contribution is 7.99. The molecule has 6 nitrogen and oxygen atoms in total. The van der Waals surface area contributed by atoms with Gasteiger partial charge < -0.3 is 9.26 Å². The summed E-state index contributed by atoms with van der Waals surface area (Å²) in [6.45, 7) is 4.20. The molecule has 2 rings (SSSR count). The molecular weight excluding hydrogens is 316 g/mol. The van der Waals surface area contributed by atoms with E-state index in [4.69, 9.17) is 20.9 Å². The summed E-state index contributed by atoms with van der Waals surface area (Å²) in [6, 6.07) is 5.98. The fraction of sp³-hybridized carbons (Fsp3) is 0.308. The van der Waals surface area contributed by atoms with E-state index >= 15 is 0 Å². The second-order valence-corrected chi connectivity index (χ2v) is 6.53. The van der Waals surface area contributed by atoms with Crippen LogP contribution >= 0.6 is 11.6 Å². The van der Waals surface area contributed by atoms with E-state index in [1.54, 1.807) is 13.0 Å². The highest BCUT2D eigenvalue weighted by Gasteiger charge is 2.31. The number of halogens is 1. The van der Waals surface area contributed by atoms with Crippen molar-refractivity contribution >= 4 is 27.8 Å². The third-order valence-corrected chi connectivity index (χ3v) is 4.23. The Balaban J connectivity index is 2.19. The number of aryl methyl sites for hydroxylation is 1. The van der Waals surface area contributed by atoms with Crippen molar-refractivity contribution in [3.63, 3.8) is 0 Å². The highest BCUT2D eigenvalue weighted by Crippen LogP contribution is 2.30. The van der Waals surface area contributed by atoms with Crippen molar-refractivity contribution in [2.75, 3.05) is 11.3 Å². The molecule has 114 valence electrons. The van der Waals surface area contributed by atoms with Crippen molar-refractivity contribution in [2.45, 2.75) is 25.2 Å². The van der Waals surface area contributed by atoms with Crippen molar-refractivity contribution in [3.8, 4) is 5.75 Å². The lowest BCUT2D eigenvalue weighted by Crippen LogP contribution is -2.20. The number of anilines is 1. The molecule has 0 aliphatic heterocycles. The molecule has 2 aromatic rings. The van der Waals surface area contributed by atoms with Gasteiger partial charge in [0, 0.05) is 18.2 Å². The molecule has 0 spiro atoms. The van der Waals surface area contributed by atoms with Crippen LogP contribution in [0.4, 0.5) is 5.82 Å². The summed E-state index contributed by atoms with van der Waals surface area (Å²) in [5.74, 6) is 1.20. The molecule has 8 heteroatoms. The normalized spacial score (nSPS) is 13.7. The molecule has 0 fully saturated rings. The Kier molecular flexibility index (Phi) is 4.87. The average Bonchev–Trinajstić information content (AvgIpc) is 2.82. The Morgan fingerprint density at radius 3 is 2.81 bits per heavy atom. The number of hydrogen-bond acceptors (Lipinski definition) is 4. The van der Waals surface area contributed by atoms with E-state index in [1.165, 1.54) is 18.2 Å². The maximum atomic E-state index is 12.3. The van der Waals surface area contributed by atoms with Crippen LogP contribution in [0.25, 0.3) is 0 Å². The Labute approximate surface area is 128 Å². The van der Waals surface area contributed by atoms with Gasteiger partial charge in [-0.1, -0.05) is 23.7 Å². The molecule has 0 saturated carbocycles. The number of aromatic nitrogens is 1. The molecule has 1 aromatic heterocycles. The lowest BCUT2D eigenvalue weighted by Gasteiger charge is -2.08. The fourth-order valence-corrected chi connectivity index (χ4v) is 2.93. The summed E-state index contributed by atoms with van der Waals surface area (Å²) < 4.78 is 35.1. The summed E-state index contributed by atoms with van der Waals surface area (Å²) in [4.78, 5) is 0.136. The molecule has 0 aliphatic carbocycles. The maximum Gasteiger partial charge on any atom is 0.347 e. The zero-order valence-corrected chi connectivity index (χ0v) is 13.2. The minimum Gasteiger partial charge on any atom is -0.492 e. The molecule has 0 amide bonds. The van der Waals surface area contributed by atoms with Crippen molar-refractivity contribution in [2.24, 2.45) is 0 Å². The van der Waals surface area contributed by atoms with Gasteiger partial charge in [-0.05, 0) is 23.6 Å².